The van der Waals surface area contributed by atoms with Crippen LogP contribution in [0.3, 0.4) is 0 Å². The largest absolute Gasteiger partial charge is 0.480 e. The van der Waals surface area contributed by atoms with Crippen LogP contribution in [0.4, 0.5) is 0 Å². The number of nitrogens with two attached hydrogens (primary N) is 2. The van der Waals surface area contributed by atoms with Gasteiger partial charge in [0, 0.05) is 6.92 Å². The second-order valence-corrected chi connectivity index (χ2v) is 8.46. The summed E-state index contributed by atoms with van der Waals surface area (Å²) in [6.07, 6.45) is 3.05. The number of carbonyl (C=O) groups excluding carboxylic acids is 5. The molecule has 0 fully saturated rings. The maximum absolute atomic E-state index is 12.8. The molecule has 0 bridgehead atoms. The van der Waals surface area contributed by atoms with E-state index >= 15 is 0 Å². The number of amides is 5. The fraction of sp³-hybridized carbons (Fsp3) is 0.727. The van der Waals surface area contributed by atoms with E-state index in [2.05, 4.69) is 26.6 Å². The van der Waals surface area contributed by atoms with Crippen LogP contribution in [-0.4, -0.2) is 84.4 Å². The minimum absolute atomic E-state index is 0.262. The van der Waals surface area contributed by atoms with E-state index in [1.807, 2.05) is 0 Å². The Morgan fingerprint density at radius 2 is 1.22 bits per heavy atom. The van der Waals surface area contributed by atoms with Crippen molar-refractivity contribution in [2.45, 2.75) is 83.5 Å². The molecule has 14 nitrogen and oxygen atoms in total. The predicted octanol–water partition coefficient (Wildman–Crippen LogP) is -2.56. The van der Waals surface area contributed by atoms with Crippen LogP contribution in [0.1, 0.15) is 59.3 Å². The van der Waals surface area contributed by atoms with Gasteiger partial charge in [0.1, 0.15) is 24.2 Å². The molecular weight excluding hydrogens is 474 g/mol. The van der Waals surface area contributed by atoms with Gasteiger partial charge in [0.15, 0.2) is 0 Å². The Morgan fingerprint density at radius 3 is 1.69 bits per heavy atom. The third-order valence-corrected chi connectivity index (χ3v) is 5.14. The summed E-state index contributed by atoms with van der Waals surface area (Å²) in [5, 5.41) is 21.1. The van der Waals surface area contributed by atoms with E-state index in [-0.39, 0.29) is 12.3 Å². The molecule has 5 amide bonds. The van der Waals surface area contributed by atoms with E-state index < -0.39 is 60.3 Å². The maximum atomic E-state index is 12.8. The van der Waals surface area contributed by atoms with Gasteiger partial charge in [-0.25, -0.2) is 0 Å². The molecule has 0 spiro atoms. The summed E-state index contributed by atoms with van der Waals surface area (Å²) in [5.41, 5.74) is 11.0. The van der Waals surface area contributed by atoms with Crippen molar-refractivity contribution < 1.29 is 33.9 Å². The van der Waals surface area contributed by atoms with Crippen LogP contribution in [0.25, 0.3) is 0 Å². The number of hydrogen-bond donors (Lipinski definition) is 8. The number of nitrogens with one attached hydrogen (secondary N) is 5. The van der Waals surface area contributed by atoms with E-state index in [0.717, 1.165) is 0 Å². The number of carboxylic acid groups (broad SMARTS) is 1. The van der Waals surface area contributed by atoms with Crippen LogP contribution < -0.4 is 38.1 Å². The highest BCUT2D eigenvalue weighted by Crippen LogP contribution is 2.05. The Labute approximate surface area is 211 Å². The lowest BCUT2D eigenvalue weighted by atomic mass is 10.1. The minimum Gasteiger partial charge on any atom is -0.480 e. The second-order valence-electron chi connectivity index (χ2n) is 8.46. The van der Waals surface area contributed by atoms with Crippen LogP contribution in [-0.2, 0) is 28.8 Å². The molecule has 10 N–H and O–H groups in total. The Hall–Kier alpha value is -3.26. The highest BCUT2D eigenvalue weighted by Gasteiger charge is 2.26. The van der Waals surface area contributed by atoms with E-state index in [1.54, 1.807) is 0 Å². The summed E-state index contributed by atoms with van der Waals surface area (Å²) in [7, 11) is 0. The smallest absolute Gasteiger partial charge is 0.325 e. The number of aliphatic carboxylic acids is 1. The van der Waals surface area contributed by atoms with Crippen molar-refractivity contribution in [3.63, 3.8) is 0 Å². The van der Waals surface area contributed by atoms with Gasteiger partial charge in [0.2, 0.25) is 29.5 Å². The third-order valence-electron chi connectivity index (χ3n) is 5.14. The van der Waals surface area contributed by atoms with Crippen molar-refractivity contribution in [1.29, 1.82) is 0 Å². The normalized spacial score (nSPS) is 13.9. The zero-order valence-electron chi connectivity index (χ0n) is 21.2. The van der Waals surface area contributed by atoms with Crippen LogP contribution >= 0.6 is 0 Å². The van der Waals surface area contributed by atoms with Gasteiger partial charge in [-0.3, -0.25) is 28.8 Å². The zero-order valence-corrected chi connectivity index (χ0v) is 21.2. The molecule has 0 aromatic rings. The van der Waals surface area contributed by atoms with E-state index in [4.69, 9.17) is 16.6 Å². The molecule has 0 saturated carbocycles. The Morgan fingerprint density at radius 1 is 0.694 bits per heavy atom. The molecule has 206 valence electrons. The average molecular weight is 516 g/mol. The summed E-state index contributed by atoms with van der Waals surface area (Å²) in [6, 6.07) is -3.98. The van der Waals surface area contributed by atoms with Gasteiger partial charge in [-0.1, -0.05) is 0 Å². The lowest BCUT2D eigenvalue weighted by Crippen LogP contribution is -2.55. The van der Waals surface area contributed by atoms with Gasteiger partial charge >= 0.3 is 5.97 Å². The molecule has 0 saturated heterocycles. The summed E-state index contributed by atoms with van der Waals surface area (Å²) >= 11 is 0. The predicted molar refractivity (Wildman–Crippen MR) is 131 cm³/mol. The first-order valence-corrected chi connectivity index (χ1v) is 12.0. The van der Waals surface area contributed by atoms with Crippen molar-refractivity contribution in [1.82, 2.24) is 26.6 Å². The Bertz CT molecular complexity index is 763. The molecule has 0 radical (unpaired) electrons. The first-order chi connectivity index (χ1) is 16.9. The van der Waals surface area contributed by atoms with Gasteiger partial charge < -0.3 is 43.2 Å². The molecular formula is C22H41N7O7. The highest BCUT2D eigenvalue weighted by atomic mass is 16.4. The molecule has 0 aliphatic carbocycles. The second kappa shape index (κ2) is 18.1. The van der Waals surface area contributed by atoms with Crippen molar-refractivity contribution in [2.75, 3.05) is 19.6 Å². The lowest BCUT2D eigenvalue weighted by molar-refractivity contribution is -0.141. The molecule has 0 heterocycles. The Kier molecular flexibility index (Phi) is 16.4. The fourth-order valence-corrected chi connectivity index (χ4v) is 3.09. The van der Waals surface area contributed by atoms with Crippen molar-refractivity contribution in [3.8, 4) is 0 Å². The molecule has 0 aromatic heterocycles. The van der Waals surface area contributed by atoms with Gasteiger partial charge in [0.25, 0.3) is 0 Å². The van der Waals surface area contributed by atoms with Gasteiger partial charge in [-0.05, 0) is 65.5 Å². The van der Waals surface area contributed by atoms with Crippen LogP contribution in [0.2, 0.25) is 0 Å². The highest BCUT2D eigenvalue weighted by molar-refractivity contribution is 5.94. The molecule has 0 aromatic carbocycles. The summed E-state index contributed by atoms with van der Waals surface area (Å²) < 4.78 is 0. The van der Waals surface area contributed by atoms with E-state index in [0.29, 0.717) is 45.2 Å². The van der Waals surface area contributed by atoms with Crippen molar-refractivity contribution in [2.24, 2.45) is 11.5 Å². The average Bonchev–Trinajstić information content (AvgIpc) is 2.80. The standard InChI is InChI=1S/C22H41N7O7/c1-13(19(32)27-14(2)22(35)36)26-18(31)12-25-20(33)16(8-4-6-10-23)29-21(34)17(28-15(3)30)9-5-7-11-24/h13-14,16-17H,4-12,23-24H2,1-3H3,(H,25,33)(H,26,31)(H,27,32)(H,28,30)(H,29,34)(H,35,36)/t13-,14-,16-,17-/m0/s1. The number of hydrogen-bond acceptors (Lipinski definition) is 8. The summed E-state index contributed by atoms with van der Waals surface area (Å²) in [4.78, 5) is 72.0. The molecule has 0 unspecified atom stereocenters. The topological polar surface area (TPSA) is 235 Å². The van der Waals surface area contributed by atoms with Crippen molar-refractivity contribution in [3.05, 3.63) is 0 Å². The Balaban J connectivity index is 5.03. The van der Waals surface area contributed by atoms with E-state index in [1.165, 1.54) is 20.8 Å². The molecule has 4 atom stereocenters. The number of carbonyl (C=O) groups is 6. The minimum atomic E-state index is -1.23. The molecule has 0 aliphatic heterocycles. The monoisotopic (exact) mass is 515 g/mol. The van der Waals surface area contributed by atoms with Gasteiger partial charge in [0.05, 0.1) is 6.54 Å². The van der Waals surface area contributed by atoms with E-state index in [9.17, 15) is 28.8 Å². The SMILES string of the molecule is CC(=O)N[C@@H](CCCCN)C(=O)N[C@@H](CCCCN)C(=O)NCC(=O)N[C@@H](C)C(=O)N[C@@H](C)C(=O)O. The number of rotatable bonds is 18. The zero-order chi connectivity index (χ0) is 27.7. The van der Waals surface area contributed by atoms with Crippen LogP contribution in [0.15, 0.2) is 0 Å². The summed E-state index contributed by atoms with van der Waals surface area (Å²) in [5.74, 6) is -4.14. The quantitative estimate of drug-likeness (QED) is 0.0895. The molecule has 36 heavy (non-hydrogen) atoms. The van der Waals surface area contributed by atoms with Gasteiger partial charge in [-0.15, -0.1) is 0 Å². The van der Waals surface area contributed by atoms with Crippen molar-refractivity contribution >= 4 is 35.5 Å². The molecule has 14 heteroatoms. The molecule has 0 aliphatic rings. The summed E-state index contributed by atoms with van der Waals surface area (Å²) in [6.45, 7) is 4.31. The molecule has 0 rings (SSSR count). The van der Waals surface area contributed by atoms with Crippen LogP contribution in [0, 0.1) is 0 Å². The number of unbranched alkanes of at least 4 members (excludes halogenated alkanes) is 2. The lowest BCUT2D eigenvalue weighted by Gasteiger charge is -2.23. The third kappa shape index (κ3) is 14.2. The first kappa shape index (κ1) is 32.7. The fourth-order valence-electron chi connectivity index (χ4n) is 3.09. The maximum Gasteiger partial charge on any atom is 0.325 e. The first-order valence-electron chi connectivity index (χ1n) is 12.0. The van der Waals surface area contributed by atoms with Gasteiger partial charge in [-0.2, -0.15) is 0 Å². The van der Waals surface area contributed by atoms with Crippen LogP contribution in [0.5, 0.6) is 0 Å². The number of carboxylic acids is 1.